The fourth-order valence-electron chi connectivity index (χ4n) is 3.29. The monoisotopic (exact) mass is 426 g/mol. The number of rotatable bonds is 4. The predicted octanol–water partition coefficient (Wildman–Crippen LogP) is 3.27. The van der Waals surface area contributed by atoms with Crippen molar-refractivity contribution < 1.29 is 17.6 Å². The summed E-state index contributed by atoms with van der Waals surface area (Å²) in [6, 6.07) is 15.9. The van der Waals surface area contributed by atoms with Crippen molar-refractivity contribution in [1.29, 1.82) is 0 Å². The summed E-state index contributed by atoms with van der Waals surface area (Å²) < 4.78 is 41.0. The van der Waals surface area contributed by atoms with Gasteiger partial charge < -0.3 is 10.2 Å². The molecule has 0 radical (unpaired) electrons. The number of amides is 1. The summed E-state index contributed by atoms with van der Waals surface area (Å²) in [6.45, 7) is 1.33. The molecule has 7 nitrogen and oxygen atoms in total. The number of anilines is 3. The molecule has 0 aliphatic carbocycles. The standard InChI is InChI=1S/C21H19FN4O3S/c1-15-5-2-7-17(11-15)24-20(27)13-25-14-26(18-8-3-6-16(22)12-18)21-19(30(25,28)29)9-4-10-23-21/h2-12H,13-14H2,1H3,(H,24,27). The minimum Gasteiger partial charge on any atom is -0.325 e. The third-order valence-electron chi connectivity index (χ3n) is 4.67. The predicted molar refractivity (Wildman–Crippen MR) is 111 cm³/mol. The summed E-state index contributed by atoms with van der Waals surface area (Å²) in [4.78, 5) is 18.3. The molecule has 1 aliphatic heterocycles. The van der Waals surface area contributed by atoms with Crippen molar-refractivity contribution in [2.75, 3.05) is 23.4 Å². The summed E-state index contributed by atoms with van der Waals surface area (Å²) in [5.74, 6) is -0.740. The van der Waals surface area contributed by atoms with E-state index in [1.807, 2.05) is 13.0 Å². The SMILES string of the molecule is Cc1cccc(NC(=O)CN2CN(c3cccc(F)c3)c3ncccc3S2(=O)=O)c1. The molecule has 9 heteroatoms. The van der Waals surface area contributed by atoms with Crippen molar-refractivity contribution in [3.8, 4) is 0 Å². The number of fused-ring (bicyclic) bond motifs is 1. The molecule has 1 amide bonds. The lowest BCUT2D eigenvalue weighted by Crippen LogP contribution is -2.47. The van der Waals surface area contributed by atoms with Crippen LogP contribution in [0.15, 0.2) is 71.8 Å². The number of hydrogen-bond acceptors (Lipinski definition) is 5. The summed E-state index contributed by atoms with van der Waals surface area (Å²) in [5.41, 5.74) is 1.99. The summed E-state index contributed by atoms with van der Waals surface area (Å²) >= 11 is 0. The first-order valence-electron chi connectivity index (χ1n) is 9.19. The van der Waals surface area contributed by atoms with Gasteiger partial charge in [-0.1, -0.05) is 18.2 Å². The maximum Gasteiger partial charge on any atom is 0.248 e. The largest absolute Gasteiger partial charge is 0.325 e. The zero-order valence-corrected chi connectivity index (χ0v) is 16.9. The van der Waals surface area contributed by atoms with Gasteiger partial charge in [0.1, 0.15) is 10.7 Å². The van der Waals surface area contributed by atoms with Crippen LogP contribution in [0, 0.1) is 12.7 Å². The molecule has 0 fully saturated rings. The highest BCUT2D eigenvalue weighted by Crippen LogP contribution is 2.36. The molecule has 0 saturated carbocycles. The number of pyridine rings is 1. The average molecular weight is 426 g/mol. The van der Waals surface area contributed by atoms with Crippen LogP contribution in [0.5, 0.6) is 0 Å². The van der Waals surface area contributed by atoms with Gasteiger partial charge in [-0.2, -0.15) is 4.31 Å². The van der Waals surface area contributed by atoms with Gasteiger partial charge in [-0.25, -0.2) is 17.8 Å². The maximum atomic E-state index is 13.8. The van der Waals surface area contributed by atoms with E-state index in [4.69, 9.17) is 0 Å². The molecular weight excluding hydrogens is 407 g/mol. The van der Waals surface area contributed by atoms with Gasteiger partial charge in [-0.3, -0.25) is 4.79 Å². The Bertz CT molecular complexity index is 1220. The number of aryl methyl sites for hydroxylation is 1. The molecule has 0 spiro atoms. The van der Waals surface area contributed by atoms with Crippen LogP contribution in [-0.4, -0.2) is 36.8 Å². The smallest absolute Gasteiger partial charge is 0.248 e. The molecule has 30 heavy (non-hydrogen) atoms. The highest BCUT2D eigenvalue weighted by atomic mass is 32.2. The number of benzene rings is 2. The van der Waals surface area contributed by atoms with Gasteiger partial charge in [0.15, 0.2) is 5.82 Å². The number of nitrogens with zero attached hydrogens (tertiary/aromatic N) is 3. The topological polar surface area (TPSA) is 82.6 Å². The van der Waals surface area contributed by atoms with Gasteiger partial charge in [0, 0.05) is 17.6 Å². The van der Waals surface area contributed by atoms with E-state index in [0.29, 0.717) is 11.4 Å². The fraction of sp³-hybridized carbons (Fsp3) is 0.143. The van der Waals surface area contributed by atoms with Crippen LogP contribution in [0.1, 0.15) is 5.56 Å². The molecule has 0 unspecified atom stereocenters. The van der Waals surface area contributed by atoms with Crippen molar-refractivity contribution >= 4 is 33.1 Å². The van der Waals surface area contributed by atoms with E-state index in [0.717, 1.165) is 9.87 Å². The van der Waals surface area contributed by atoms with Crippen molar-refractivity contribution in [3.63, 3.8) is 0 Å². The molecule has 1 N–H and O–H groups in total. The molecule has 0 saturated heterocycles. The van der Waals surface area contributed by atoms with E-state index in [1.165, 1.54) is 36.5 Å². The molecule has 2 heterocycles. The maximum absolute atomic E-state index is 13.8. The average Bonchev–Trinajstić information content (AvgIpc) is 2.70. The van der Waals surface area contributed by atoms with Crippen molar-refractivity contribution in [2.45, 2.75) is 11.8 Å². The first kappa shape index (κ1) is 20.0. The van der Waals surface area contributed by atoms with E-state index < -0.39 is 28.3 Å². The van der Waals surface area contributed by atoms with Crippen LogP contribution >= 0.6 is 0 Å². The Morgan fingerprint density at radius 3 is 2.70 bits per heavy atom. The molecule has 0 atom stereocenters. The first-order chi connectivity index (χ1) is 14.3. The lowest BCUT2D eigenvalue weighted by molar-refractivity contribution is -0.116. The Kier molecular flexibility index (Phi) is 5.23. The Hall–Kier alpha value is -3.30. The van der Waals surface area contributed by atoms with Crippen LogP contribution in [0.3, 0.4) is 0 Å². The van der Waals surface area contributed by atoms with E-state index in [-0.39, 0.29) is 17.4 Å². The minimum absolute atomic E-state index is 0.0381. The summed E-state index contributed by atoms with van der Waals surface area (Å²) in [5, 5.41) is 2.72. The van der Waals surface area contributed by atoms with E-state index in [2.05, 4.69) is 10.3 Å². The second kappa shape index (κ2) is 7.85. The zero-order valence-electron chi connectivity index (χ0n) is 16.1. The number of nitrogens with one attached hydrogen (secondary N) is 1. The molecule has 3 aromatic rings. The summed E-state index contributed by atoms with van der Waals surface area (Å²) in [6.07, 6.45) is 1.47. The van der Waals surface area contributed by atoms with Crippen molar-refractivity contribution in [1.82, 2.24) is 9.29 Å². The highest BCUT2D eigenvalue weighted by molar-refractivity contribution is 7.89. The van der Waals surface area contributed by atoms with Gasteiger partial charge >= 0.3 is 0 Å². The molecule has 2 aromatic carbocycles. The Morgan fingerprint density at radius 1 is 1.13 bits per heavy atom. The van der Waals surface area contributed by atoms with Crippen LogP contribution in [0.2, 0.25) is 0 Å². The Balaban J connectivity index is 1.66. The number of halogens is 1. The molecular formula is C21H19FN4O3S. The molecule has 1 aliphatic rings. The number of aromatic nitrogens is 1. The number of hydrogen-bond donors (Lipinski definition) is 1. The van der Waals surface area contributed by atoms with Crippen LogP contribution in [0.4, 0.5) is 21.6 Å². The van der Waals surface area contributed by atoms with E-state index in [9.17, 15) is 17.6 Å². The van der Waals surface area contributed by atoms with Crippen LogP contribution in [-0.2, 0) is 14.8 Å². The van der Waals surface area contributed by atoms with E-state index in [1.54, 1.807) is 29.2 Å². The zero-order chi connectivity index (χ0) is 21.3. The third kappa shape index (κ3) is 3.89. The lowest BCUT2D eigenvalue weighted by atomic mass is 10.2. The fourth-order valence-corrected chi connectivity index (χ4v) is 4.77. The Labute approximate surface area is 173 Å². The van der Waals surface area contributed by atoms with Gasteiger partial charge in [-0.15, -0.1) is 0 Å². The van der Waals surface area contributed by atoms with Crippen LogP contribution in [0.25, 0.3) is 0 Å². The van der Waals surface area contributed by atoms with Gasteiger partial charge in [0.2, 0.25) is 15.9 Å². The van der Waals surface area contributed by atoms with Gasteiger partial charge in [0.05, 0.1) is 13.2 Å². The number of sulfonamides is 1. The normalized spacial score (nSPS) is 15.5. The third-order valence-corrected chi connectivity index (χ3v) is 6.46. The first-order valence-corrected chi connectivity index (χ1v) is 10.6. The molecule has 154 valence electrons. The molecule has 0 bridgehead atoms. The van der Waals surface area contributed by atoms with Crippen molar-refractivity contribution in [3.05, 3.63) is 78.2 Å². The van der Waals surface area contributed by atoms with Crippen molar-refractivity contribution in [2.24, 2.45) is 0 Å². The summed E-state index contributed by atoms with van der Waals surface area (Å²) in [7, 11) is -3.95. The van der Waals surface area contributed by atoms with Gasteiger partial charge in [-0.05, 0) is 55.0 Å². The molecule has 1 aromatic heterocycles. The highest BCUT2D eigenvalue weighted by Gasteiger charge is 2.38. The minimum atomic E-state index is -3.95. The van der Waals surface area contributed by atoms with Gasteiger partial charge in [0.25, 0.3) is 0 Å². The quantitative estimate of drug-likeness (QED) is 0.692. The Morgan fingerprint density at radius 2 is 1.93 bits per heavy atom. The number of carbonyl (C=O) groups is 1. The number of carbonyl (C=O) groups excluding carboxylic acids is 1. The van der Waals surface area contributed by atoms with Crippen LogP contribution < -0.4 is 10.2 Å². The second-order valence-electron chi connectivity index (χ2n) is 6.91. The molecule has 4 rings (SSSR count). The van der Waals surface area contributed by atoms with E-state index >= 15 is 0 Å². The second-order valence-corrected chi connectivity index (χ2v) is 8.81. The lowest BCUT2D eigenvalue weighted by Gasteiger charge is -2.36.